The Morgan fingerprint density at radius 1 is 0.310 bits per heavy atom. The van der Waals surface area contributed by atoms with Crippen molar-refractivity contribution < 1.29 is 4.42 Å². The monoisotopic (exact) mass is 738 g/mol. The van der Waals surface area contributed by atoms with E-state index in [0.29, 0.717) is 0 Å². The fourth-order valence-corrected chi connectivity index (χ4v) is 10.4. The Morgan fingerprint density at radius 2 is 0.810 bits per heavy atom. The molecule has 0 spiro atoms. The number of hydrogen-bond acceptors (Lipinski definition) is 1. The van der Waals surface area contributed by atoms with Crippen LogP contribution in [0, 0.1) is 0 Å². The minimum atomic E-state index is -0.443. The molecular formula is C55H34N2O. The van der Waals surface area contributed by atoms with Crippen molar-refractivity contribution in [3.8, 4) is 22.5 Å². The highest BCUT2D eigenvalue weighted by Crippen LogP contribution is 2.56. The van der Waals surface area contributed by atoms with Crippen molar-refractivity contribution in [2.24, 2.45) is 0 Å². The highest BCUT2D eigenvalue weighted by molar-refractivity contribution is 6.22. The van der Waals surface area contributed by atoms with Gasteiger partial charge in [0.05, 0.1) is 27.5 Å². The van der Waals surface area contributed by atoms with Gasteiger partial charge in [-0.3, -0.25) is 0 Å². The lowest BCUT2D eigenvalue weighted by Crippen LogP contribution is -2.28. The van der Waals surface area contributed by atoms with Crippen LogP contribution in [0.15, 0.2) is 211 Å². The largest absolute Gasteiger partial charge is 0.456 e. The van der Waals surface area contributed by atoms with Gasteiger partial charge < -0.3 is 13.6 Å². The van der Waals surface area contributed by atoms with Crippen molar-refractivity contribution in [1.29, 1.82) is 0 Å². The summed E-state index contributed by atoms with van der Waals surface area (Å²) in [5, 5.41) is 7.18. The molecule has 1 aliphatic rings. The maximum atomic E-state index is 6.45. The molecule has 0 amide bonds. The van der Waals surface area contributed by atoms with Crippen molar-refractivity contribution in [3.05, 3.63) is 229 Å². The van der Waals surface area contributed by atoms with E-state index in [-0.39, 0.29) is 0 Å². The van der Waals surface area contributed by atoms with Crippen LogP contribution in [0.25, 0.3) is 88.1 Å². The van der Waals surface area contributed by atoms with Crippen molar-refractivity contribution >= 4 is 65.6 Å². The molecule has 13 rings (SSSR count). The summed E-state index contributed by atoms with van der Waals surface area (Å²) < 4.78 is 11.3. The summed E-state index contributed by atoms with van der Waals surface area (Å²) in [6.07, 6.45) is 0. The maximum absolute atomic E-state index is 6.45. The van der Waals surface area contributed by atoms with Crippen molar-refractivity contribution in [1.82, 2.24) is 9.13 Å². The molecule has 3 heteroatoms. The van der Waals surface area contributed by atoms with Crippen LogP contribution in [0.1, 0.15) is 22.3 Å². The lowest BCUT2D eigenvalue weighted by Gasteiger charge is -2.34. The average molecular weight is 739 g/mol. The summed E-state index contributed by atoms with van der Waals surface area (Å²) in [7, 11) is 0. The topological polar surface area (TPSA) is 23.0 Å². The van der Waals surface area contributed by atoms with Crippen LogP contribution in [0.2, 0.25) is 0 Å². The number of para-hydroxylation sites is 3. The molecule has 0 bridgehead atoms. The Balaban J connectivity index is 1.08. The van der Waals surface area contributed by atoms with Crippen LogP contribution in [0.5, 0.6) is 0 Å². The molecule has 58 heavy (non-hydrogen) atoms. The Bertz CT molecular complexity index is 3560. The van der Waals surface area contributed by atoms with Gasteiger partial charge in [0.15, 0.2) is 0 Å². The van der Waals surface area contributed by atoms with E-state index in [9.17, 15) is 0 Å². The van der Waals surface area contributed by atoms with E-state index in [1.807, 2.05) is 6.07 Å². The fraction of sp³-hybridized carbons (Fsp3) is 0.0182. The highest BCUT2D eigenvalue weighted by atomic mass is 16.3. The van der Waals surface area contributed by atoms with Gasteiger partial charge in [0.1, 0.15) is 11.2 Å². The lowest BCUT2D eigenvalue weighted by atomic mass is 9.68. The molecule has 0 N–H and O–H groups in total. The number of furan rings is 1. The number of benzene rings is 9. The summed E-state index contributed by atoms with van der Waals surface area (Å²) in [6.45, 7) is 0. The zero-order chi connectivity index (χ0) is 38.0. The summed E-state index contributed by atoms with van der Waals surface area (Å²) in [4.78, 5) is 0. The first kappa shape index (κ1) is 31.6. The number of fused-ring (bicyclic) bond motifs is 12. The third kappa shape index (κ3) is 4.12. The Morgan fingerprint density at radius 3 is 1.53 bits per heavy atom. The zero-order valence-corrected chi connectivity index (χ0v) is 31.4. The van der Waals surface area contributed by atoms with Gasteiger partial charge in [-0.25, -0.2) is 0 Å². The second-order valence-corrected chi connectivity index (χ2v) is 15.6. The predicted octanol–water partition coefficient (Wildman–Crippen LogP) is 14.1. The molecule has 0 atom stereocenters. The number of hydrogen-bond donors (Lipinski definition) is 0. The standard InChI is InChI=1S/C55H34N2O/c1-3-15-35(16-4-1)55(47-23-11-7-19-39(47)40-20-8-12-24-48(40)55)36-27-29-38(30-28-36)56-49-25-13-9-21-41(49)43-31-44-45-32-46-42-22-10-14-26-53(42)58-54(46)34-52(45)57(51(44)33-50(43)56)37-17-5-2-6-18-37/h1-34H. The van der Waals surface area contributed by atoms with Gasteiger partial charge in [-0.15, -0.1) is 0 Å². The molecule has 0 saturated heterocycles. The summed E-state index contributed by atoms with van der Waals surface area (Å²) >= 11 is 0. The third-order valence-corrected chi connectivity index (χ3v) is 12.8. The summed E-state index contributed by atoms with van der Waals surface area (Å²) in [5.41, 5.74) is 16.0. The Kier molecular flexibility index (Phi) is 6.37. The average Bonchev–Trinajstić information content (AvgIpc) is 4.00. The SMILES string of the molecule is c1ccc(-n2c3cc4oc5ccccc5c4cc3c3cc4c5ccccc5n(-c5ccc(C6(c7ccccc7)c7ccccc7-c7ccccc76)cc5)c4cc32)cc1. The molecular weight excluding hydrogens is 705 g/mol. The molecule has 270 valence electrons. The molecule has 0 fully saturated rings. The highest BCUT2D eigenvalue weighted by Gasteiger charge is 2.45. The van der Waals surface area contributed by atoms with E-state index in [2.05, 4.69) is 209 Å². The van der Waals surface area contributed by atoms with Gasteiger partial charge in [0.2, 0.25) is 0 Å². The van der Waals surface area contributed by atoms with Crippen LogP contribution < -0.4 is 0 Å². The van der Waals surface area contributed by atoms with Crippen molar-refractivity contribution in [2.45, 2.75) is 5.41 Å². The van der Waals surface area contributed by atoms with Crippen LogP contribution in [-0.2, 0) is 5.41 Å². The normalized spacial score (nSPS) is 13.3. The molecule has 1 aliphatic carbocycles. The number of aromatic nitrogens is 2. The zero-order valence-electron chi connectivity index (χ0n) is 31.4. The molecule has 12 aromatic rings. The van der Waals surface area contributed by atoms with Gasteiger partial charge >= 0.3 is 0 Å². The van der Waals surface area contributed by atoms with E-state index in [1.54, 1.807) is 0 Å². The van der Waals surface area contributed by atoms with E-state index < -0.39 is 5.41 Å². The molecule has 3 aromatic heterocycles. The molecule has 0 saturated carbocycles. The minimum Gasteiger partial charge on any atom is -0.456 e. The molecule has 9 aromatic carbocycles. The number of nitrogens with zero attached hydrogens (tertiary/aromatic N) is 2. The van der Waals surface area contributed by atoms with Gasteiger partial charge in [-0.1, -0.05) is 146 Å². The smallest absolute Gasteiger partial charge is 0.137 e. The predicted molar refractivity (Wildman–Crippen MR) is 240 cm³/mol. The van der Waals surface area contributed by atoms with E-state index >= 15 is 0 Å². The van der Waals surface area contributed by atoms with E-state index in [0.717, 1.165) is 44.3 Å². The molecule has 3 nitrogen and oxygen atoms in total. The first-order chi connectivity index (χ1) is 28.8. The van der Waals surface area contributed by atoms with Gasteiger partial charge in [0.25, 0.3) is 0 Å². The van der Waals surface area contributed by atoms with E-state index in [1.165, 1.54) is 66.0 Å². The summed E-state index contributed by atoms with van der Waals surface area (Å²) in [5.74, 6) is 0. The van der Waals surface area contributed by atoms with E-state index in [4.69, 9.17) is 4.42 Å². The first-order valence-corrected chi connectivity index (χ1v) is 20.0. The Labute approximate surface area is 334 Å². The fourth-order valence-electron chi connectivity index (χ4n) is 10.4. The van der Waals surface area contributed by atoms with Gasteiger partial charge in [-0.05, 0) is 88.0 Å². The number of rotatable bonds is 4. The second-order valence-electron chi connectivity index (χ2n) is 15.6. The van der Waals surface area contributed by atoms with Crippen LogP contribution >= 0.6 is 0 Å². The second kappa shape index (κ2) is 11.7. The molecule has 3 heterocycles. The molecule has 0 radical (unpaired) electrons. The van der Waals surface area contributed by atoms with Crippen molar-refractivity contribution in [2.75, 3.05) is 0 Å². The quantitative estimate of drug-likeness (QED) is 0.176. The lowest BCUT2D eigenvalue weighted by molar-refractivity contribution is 0.669. The first-order valence-electron chi connectivity index (χ1n) is 20.0. The Hall–Kier alpha value is -7.62. The van der Waals surface area contributed by atoms with Crippen molar-refractivity contribution in [3.63, 3.8) is 0 Å². The van der Waals surface area contributed by atoms with Crippen LogP contribution in [-0.4, -0.2) is 9.13 Å². The molecule has 0 unspecified atom stereocenters. The maximum Gasteiger partial charge on any atom is 0.137 e. The van der Waals surface area contributed by atoms with Gasteiger partial charge in [0, 0.05) is 49.8 Å². The minimum absolute atomic E-state index is 0.443. The van der Waals surface area contributed by atoms with Gasteiger partial charge in [-0.2, -0.15) is 0 Å². The molecule has 0 aliphatic heterocycles. The summed E-state index contributed by atoms with van der Waals surface area (Å²) in [6, 6.07) is 75.6. The van der Waals surface area contributed by atoms with Crippen LogP contribution in [0.4, 0.5) is 0 Å². The third-order valence-electron chi connectivity index (χ3n) is 12.8. The van der Waals surface area contributed by atoms with Crippen LogP contribution in [0.3, 0.4) is 0 Å².